The zero-order valence-corrected chi connectivity index (χ0v) is 37.7. The first kappa shape index (κ1) is 39.2. The largest absolute Gasteiger partial charge is 0.454 e. The Labute approximate surface area is 400 Å². The summed E-state index contributed by atoms with van der Waals surface area (Å²) < 4.78 is 11.0. The molecule has 5 aromatic heterocycles. The molecule has 0 saturated carbocycles. The van der Waals surface area contributed by atoms with E-state index in [0.717, 1.165) is 60.9 Å². The van der Waals surface area contributed by atoms with Crippen molar-refractivity contribution in [3.05, 3.63) is 225 Å². The zero-order chi connectivity index (χ0) is 45.4. The van der Waals surface area contributed by atoms with Crippen LogP contribution in [0.1, 0.15) is 0 Å². The maximum Gasteiger partial charge on any atom is 0.182 e. The number of pyridine rings is 1. The number of fused-ring (bicyclic) bond motifs is 9. The van der Waals surface area contributed by atoms with Crippen molar-refractivity contribution in [1.29, 1.82) is 0 Å². The number of furan rings is 1. The van der Waals surface area contributed by atoms with Crippen molar-refractivity contribution in [2.75, 3.05) is 0 Å². The minimum Gasteiger partial charge on any atom is -0.454 e. The Balaban J connectivity index is 0.878. The van der Waals surface area contributed by atoms with Crippen LogP contribution in [0.25, 0.3) is 137 Å². The van der Waals surface area contributed by atoms with Crippen molar-refractivity contribution in [2.45, 2.75) is 0 Å². The molecule has 69 heavy (non-hydrogen) atoms. The second-order valence-electron chi connectivity index (χ2n) is 17.4. The molecule has 0 unspecified atom stereocenters. The number of nitrogens with zero attached hydrogens (tertiary/aromatic N) is 5. The Kier molecular flexibility index (Phi) is 8.97. The van der Waals surface area contributed by atoms with Crippen LogP contribution in [-0.2, 0) is 0 Å². The van der Waals surface area contributed by atoms with Gasteiger partial charge in [0.2, 0.25) is 0 Å². The van der Waals surface area contributed by atoms with E-state index in [1.165, 1.54) is 53.2 Å². The Hall–Kier alpha value is -9.04. The molecule has 0 atom stereocenters. The van der Waals surface area contributed by atoms with Crippen LogP contribution in [0.5, 0.6) is 0 Å². The molecule has 9 aromatic carbocycles. The Morgan fingerprint density at radius 2 is 0.899 bits per heavy atom. The van der Waals surface area contributed by atoms with Crippen LogP contribution in [0.3, 0.4) is 0 Å². The van der Waals surface area contributed by atoms with E-state index in [4.69, 9.17) is 24.4 Å². The van der Waals surface area contributed by atoms with Crippen LogP contribution in [0.2, 0.25) is 0 Å². The van der Waals surface area contributed by atoms with E-state index in [-0.39, 0.29) is 0 Å². The average molecular weight is 900 g/mol. The summed E-state index contributed by atoms with van der Waals surface area (Å²) in [7, 11) is 0. The summed E-state index contributed by atoms with van der Waals surface area (Å²) in [5, 5.41) is 6.88. The van der Waals surface area contributed by atoms with Gasteiger partial charge in [-0.2, -0.15) is 0 Å². The molecule has 0 saturated heterocycles. The fourth-order valence-electron chi connectivity index (χ4n) is 9.94. The number of para-hydroxylation sites is 2. The van der Waals surface area contributed by atoms with Gasteiger partial charge in [-0.15, -0.1) is 11.3 Å². The monoisotopic (exact) mass is 899 g/mol. The molecule has 0 amide bonds. The maximum absolute atomic E-state index is 6.15. The van der Waals surface area contributed by atoms with Crippen LogP contribution in [0.15, 0.2) is 229 Å². The van der Waals surface area contributed by atoms with Gasteiger partial charge < -0.3 is 8.98 Å². The highest BCUT2D eigenvalue weighted by molar-refractivity contribution is 7.25. The minimum absolute atomic E-state index is 0.490. The highest BCUT2D eigenvalue weighted by Gasteiger charge is 2.19. The lowest BCUT2D eigenvalue weighted by atomic mass is 9.99. The SMILES string of the molecule is c1ccc(-c2ccc(-c3ccc4c5ccccc5n(-c5cccc(-c6cccc(-c7nc(-c8ccc9c(c8)sc8ccccc89)nc(-c8cc9c(cn8)oc8ccccc89)n7)c6)c5)c4c3)cc2)cc1. The van der Waals surface area contributed by atoms with Gasteiger partial charge in [0, 0.05) is 58.5 Å². The van der Waals surface area contributed by atoms with Crippen molar-refractivity contribution >= 4 is 75.3 Å². The van der Waals surface area contributed by atoms with E-state index in [1.807, 2.05) is 24.3 Å². The van der Waals surface area contributed by atoms with Crippen LogP contribution in [0, 0.1) is 0 Å². The molecule has 0 aliphatic rings. The molecule has 0 aliphatic carbocycles. The Morgan fingerprint density at radius 1 is 0.333 bits per heavy atom. The quantitative estimate of drug-likeness (QED) is 0.159. The third-order valence-electron chi connectivity index (χ3n) is 13.3. The van der Waals surface area contributed by atoms with E-state index >= 15 is 0 Å². The number of rotatable bonds is 7. The number of hydrogen-bond acceptors (Lipinski definition) is 6. The van der Waals surface area contributed by atoms with Crippen molar-refractivity contribution < 1.29 is 4.42 Å². The molecule has 0 N–H and O–H groups in total. The van der Waals surface area contributed by atoms with E-state index in [0.29, 0.717) is 23.2 Å². The minimum atomic E-state index is 0.490. The number of aromatic nitrogens is 5. The summed E-state index contributed by atoms with van der Waals surface area (Å²) in [6, 6.07) is 77.4. The smallest absolute Gasteiger partial charge is 0.182 e. The first-order chi connectivity index (χ1) is 34.1. The number of benzene rings is 9. The van der Waals surface area contributed by atoms with Crippen molar-refractivity contribution in [1.82, 2.24) is 24.5 Å². The summed E-state index contributed by atoms with van der Waals surface area (Å²) in [4.78, 5) is 20.4. The van der Waals surface area contributed by atoms with Crippen LogP contribution in [-0.4, -0.2) is 24.5 Å². The second-order valence-corrected chi connectivity index (χ2v) is 18.5. The summed E-state index contributed by atoms with van der Waals surface area (Å²) in [5.74, 6) is 1.64. The molecule has 7 heteroatoms. The summed E-state index contributed by atoms with van der Waals surface area (Å²) in [6.45, 7) is 0. The summed E-state index contributed by atoms with van der Waals surface area (Å²) >= 11 is 1.78. The molecular weight excluding hydrogens is 863 g/mol. The van der Waals surface area contributed by atoms with E-state index < -0.39 is 0 Å². The molecule has 0 spiro atoms. The van der Waals surface area contributed by atoms with Gasteiger partial charge in [0.25, 0.3) is 0 Å². The van der Waals surface area contributed by atoms with Crippen LogP contribution >= 0.6 is 11.3 Å². The van der Waals surface area contributed by atoms with Crippen molar-refractivity contribution in [3.63, 3.8) is 0 Å². The Morgan fingerprint density at radius 3 is 1.75 bits per heavy atom. The summed E-state index contributed by atoms with van der Waals surface area (Å²) in [5.41, 5.74) is 14.2. The fraction of sp³-hybridized carbons (Fsp3) is 0. The molecule has 322 valence electrons. The second kappa shape index (κ2) is 15.8. The molecule has 5 heterocycles. The van der Waals surface area contributed by atoms with Gasteiger partial charge in [-0.05, 0) is 88.0 Å². The lowest BCUT2D eigenvalue weighted by Crippen LogP contribution is -2.01. The van der Waals surface area contributed by atoms with Gasteiger partial charge in [-0.25, -0.2) is 19.9 Å². The lowest BCUT2D eigenvalue weighted by Gasteiger charge is -2.12. The maximum atomic E-state index is 6.15. The number of thiophene rings is 1. The van der Waals surface area contributed by atoms with Gasteiger partial charge in [0.05, 0.1) is 17.2 Å². The van der Waals surface area contributed by atoms with Crippen molar-refractivity contribution in [2.24, 2.45) is 0 Å². The van der Waals surface area contributed by atoms with E-state index in [1.54, 1.807) is 17.5 Å². The van der Waals surface area contributed by atoms with Crippen LogP contribution in [0.4, 0.5) is 0 Å². The first-order valence-corrected chi connectivity index (χ1v) is 23.8. The average Bonchev–Trinajstić information content (AvgIpc) is 4.10. The lowest BCUT2D eigenvalue weighted by molar-refractivity contribution is 0.667. The van der Waals surface area contributed by atoms with E-state index in [9.17, 15) is 0 Å². The molecule has 6 nitrogen and oxygen atoms in total. The topological polar surface area (TPSA) is 69.6 Å². The zero-order valence-electron chi connectivity index (χ0n) is 36.9. The highest BCUT2D eigenvalue weighted by Crippen LogP contribution is 2.39. The predicted molar refractivity (Wildman–Crippen MR) is 285 cm³/mol. The van der Waals surface area contributed by atoms with Gasteiger partial charge in [0.15, 0.2) is 23.1 Å². The van der Waals surface area contributed by atoms with Gasteiger partial charge in [-0.3, -0.25) is 0 Å². The standard InChI is InChI=1S/C62H37N5OS/c1-2-12-38(13-3-1)39-24-26-40(27-25-39)43-28-30-48-47-18-4-7-21-54(47)67(55(48)34-43)46-17-11-15-42(33-46)41-14-10-16-44(32-41)60-64-61(45-29-31-51-50-20-6-9-23-58(50)69-59(51)35-45)66-62(65-60)53-36-52-49-19-5-8-22-56(49)68-57(52)37-63-53/h1-37H. The first-order valence-electron chi connectivity index (χ1n) is 23.0. The third kappa shape index (κ3) is 6.70. The molecule has 14 aromatic rings. The Bertz CT molecular complexity index is 4320. The molecule has 0 bridgehead atoms. The molecule has 0 aliphatic heterocycles. The highest BCUT2D eigenvalue weighted by atomic mass is 32.1. The van der Waals surface area contributed by atoms with Gasteiger partial charge in [0.1, 0.15) is 11.3 Å². The molecule has 0 fully saturated rings. The predicted octanol–water partition coefficient (Wildman–Crippen LogP) is 16.6. The fourth-order valence-corrected chi connectivity index (χ4v) is 11.1. The van der Waals surface area contributed by atoms with Crippen molar-refractivity contribution in [3.8, 4) is 73.4 Å². The number of hydrogen-bond donors (Lipinski definition) is 0. The third-order valence-corrected chi connectivity index (χ3v) is 14.5. The van der Waals surface area contributed by atoms with E-state index in [2.05, 4.69) is 199 Å². The normalized spacial score (nSPS) is 11.8. The van der Waals surface area contributed by atoms with Gasteiger partial charge in [-0.1, -0.05) is 164 Å². The summed E-state index contributed by atoms with van der Waals surface area (Å²) in [6.07, 6.45) is 1.77. The molecular formula is C62H37N5OS. The van der Waals surface area contributed by atoms with Gasteiger partial charge >= 0.3 is 0 Å². The van der Waals surface area contributed by atoms with Crippen LogP contribution < -0.4 is 0 Å². The molecule has 0 radical (unpaired) electrons. The molecule has 14 rings (SSSR count).